The number of methoxy groups -OCH3 is 1. The molecule has 1 aromatic rings. The van der Waals surface area contributed by atoms with Crippen LogP contribution in [0.25, 0.3) is 0 Å². The zero-order chi connectivity index (χ0) is 17.1. The standard InChI is InChI=1S/C14H21F3N4O2.HI/c1-3-18-13(19-6-8-22-2)20-7-9-23-12-5-4-11(10-21-12)14(15,16)17;/h4-5,10H,3,6-9H2,1-2H3,(H2,18,19,20);1H. The molecule has 0 aliphatic heterocycles. The van der Waals surface area contributed by atoms with Crippen molar-refractivity contribution in [3.63, 3.8) is 0 Å². The fourth-order valence-corrected chi connectivity index (χ4v) is 1.55. The van der Waals surface area contributed by atoms with Crippen molar-refractivity contribution in [2.24, 2.45) is 4.99 Å². The monoisotopic (exact) mass is 462 g/mol. The highest BCUT2D eigenvalue weighted by molar-refractivity contribution is 14.0. The molecule has 0 aliphatic carbocycles. The smallest absolute Gasteiger partial charge is 0.417 e. The number of alkyl halides is 3. The fourth-order valence-electron chi connectivity index (χ4n) is 1.55. The minimum atomic E-state index is -4.40. The van der Waals surface area contributed by atoms with Crippen LogP contribution in [0, 0.1) is 0 Å². The van der Waals surface area contributed by atoms with Crippen molar-refractivity contribution >= 4 is 29.9 Å². The summed E-state index contributed by atoms with van der Waals surface area (Å²) in [5.41, 5.74) is -0.803. The summed E-state index contributed by atoms with van der Waals surface area (Å²) in [6, 6.07) is 2.13. The van der Waals surface area contributed by atoms with Gasteiger partial charge in [0.25, 0.3) is 0 Å². The first-order chi connectivity index (χ1) is 11.0. The van der Waals surface area contributed by atoms with Gasteiger partial charge in [0.15, 0.2) is 5.96 Å². The summed E-state index contributed by atoms with van der Waals surface area (Å²) in [6.07, 6.45) is -3.65. The number of hydrogen-bond acceptors (Lipinski definition) is 4. The van der Waals surface area contributed by atoms with E-state index in [1.165, 1.54) is 6.07 Å². The minimum absolute atomic E-state index is 0. The molecule has 1 heterocycles. The number of halogens is 4. The van der Waals surface area contributed by atoms with E-state index in [0.29, 0.717) is 32.2 Å². The van der Waals surface area contributed by atoms with E-state index in [4.69, 9.17) is 9.47 Å². The Morgan fingerprint density at radius 2 is 2.00 bits per heavy atom. The maximum absolute atomic E-state index is 12.4. The number of aliphatic imine (C=N–C) groups is 1. The zero-order valence-electron chi connectivity index (χ0n) is 13.5. The molecule has 24 heavy (non-hydrogen) atoms. The molecule has 10 heteroatoms. The number of nitrogens with zero attached hydrogens (tertiary/aromatic N) is 2. The summed E-state index contributed by atoms with van der Waals surface area (Å²) in [5, 5.41) is 6.09. The highest BCUT2D eigenvalue weighted by Crippen LogP contribution is 2.29. The molecule has 0 radical (unpaired) electrons. The van der Waals surface area contributed by atoms with Crippen LogP contribution in [-0.2, 0) is 10.9 Å². The molecule has 6 nitrogen and oxygen atoms in total. The number of aromatic nitrogens is 1. The number of pyridine rings is 1. The van der Waals surface area contributed by atoms with E-state index in [1.807, 2.05) is 6.92 Å². The van der Waals surface area contributed by atoms with E-state index < -0.39 is 11.7 Å². The van der Waals surface area contributed by atoms with Gasteiger partial charge in [-0.2, -0.15) is 13.2 Å². The van der Waals surface area contributed by atoms with Gasteiger partial charge in [0.1, 0.15) is 6.61 Å². The van der Waals surface area contributed by atoms with E-state index in [0.717, 1.165) is 12.3 Å². The first-order valence-corrected chi connectivity index (χ1v) is 7.14. The molecular weight excluding hydrogens is 440 g/mol. The molecule has 0 spiro atoms. The molecule has 0 saturated heterocycles. The number of ether oxygens (including phenoxy) is 2. The molecule has 0 saturated carbocycles. The van der Waals surface area contributed by atoms with Crippen LogP contribution in [0.5, 0.6) is 5.88 Å². The number of nitrogens with one attached hydrogen (secondary N) is 2. The quantitative estimate of drug-likeness (QED) is 0.269. The number of guanidine groups is 1. The van der Waals surface area contributed by atoms with Crippen LogP contribution in [0.3, 0.4) is 0 Å². The molecule has 0 fully saturated rings. The Bertz CT molecular complexity index is 484. The van der Waals surface area contributed by atoms with Crippen LogP contribution in [0.1, 0.15) is 12.5 Å². The van der Waals surface area contributed by atoms with Crippen molar-refractivity contribution in [2.45, 2.75) is 13.1 Å². The molecule has 0 amide bonds. The highest BCUT2D eigenvalue weighted by atomic mass is 127. The van der Waals surface area contributed by atoms with E-state index in [1.54, 1.807) is 7.11 Å². The molecule has 138 valence electrons. The van der Waals surface area contributed by atoms with Crippen LogP contribution in [0.2, 0.25) is 0 Å². The second-order valence-corrected chi connectivity index (χ2v) is 4.41. The van der Waals surface area contributed by atoms with Crippen LogP contribution < -0.4 is 15.4 Å². The van der Waals surface area contributed by atoms with Gasteiger partial charge in [-0.3, -0.25) is 4.99 Å². The Morgan fingerprint density at radius 3 is 2.54 bits per heavy atom. The Morgan fingerprint density at radius 1 is 1.25 bits per heavy atom. The SMILES string of the molecule is CCNC(=NCCOC)NCCOc1ccc(C(F)(F)F)cn1.I. The molecule has 1 aromatic heterocycles. The lowest BCUT2D eigenvalue weighted by Gasteiger charge is -2.12. The maximum atomic E-state index is 12.4. The van der Waals surface area contributed by atoms with Crippen LogP contribution in [-0.4, -0.2) is 50.9 Å². The summed E-state index contributed by atoms with van der Waals surface area (Å²) in [5.74, 6) is 0.759. The van der Waals surface area contributed by atoms with Crippen molar-refractivity contribution in [3.8, 4) is 5.88 Å². The van der Waals surface area contributed by atoms with Gasteiger partial charge < -0.3 is 20.1 Å². The van der Waals surface area contributed by atoms with E-state index >= 15 is 0 Å². The van der Waals surface area contributed by atoms with E-state index in [-0.39, 0.29) is 36.5 Å². The van der Waals surface area contributed by atoms with Crippen molar-refractivity contribution < 1.29 is 22.6 Å². The van der Waals surface area contributed by atoms with Gasteiger partial charge in [0.05, 0.1) is 25.3 Å². The first kappa shape index (κ1) is 22.7. The molecule has 0 bridgehead atoms. The Hall–Kier alpha value is -1.30. The van der Waals surface area contributed by atoms with Crippen LogP contribution >= 0.6 is 24.0 Å². The van der Waals surface area contributed by atoms with Crippen molar-refractivity contribution in [1.82, 2.24) is 15.6 Å². The van der Waals surface area contributed by atoms with Gasteiger partial charge >= 0.3 is 6.18 Å². The Balaban J connectivity index is 0.00000529. The summed E-state index contributed by atoms with van der Waals surface area (Å²) in [7, 11) is 1.60. The average molecular weight is 462 g/mol. The molecule has 0 atom stereocenters. The van der Waals surface area contributed by atoms with Crippen LogP contribution in [0.4, 0.5) is 13.2 Å². The van der Waals surface area contributed by atoms with E-state index in [9.17, 15) is 13.2 Å². The second-order valence-electron chi connectivity index (χ2n) is 4.41. The van der Waals surface area contributed by atoms with Gasteiger partial charge in [0, 0.05) is 25.9 Å². The van der Waals surface area contributed by atoms with Crippen molar-refractivity contribution in [3.05, 3.63) is 23.9 Å². The zero-order valence-corrected chi connectivity index (χ0v) is 15.9. The third-order valence-corrected chi connectivity index (χ3v) is 2.62. The van der Waals surface area contributed by atoms with Gasteiger partial charge in [-0.15, -0.1) is 24.0 Å². The van der Waals surface area contributed by atoms with Gasteiger partial charge in [-0.25, -0.2) is 4.98 Å². The predicted molar refractivity (Wildman–Crippen MR) is 96.0 cm³/mol. The molecular formula is C14H22F3IN4O2. The topological polar surface area (TPSA) is 67.8 Å². The van der Waals surface area contributed by atoms with Gasteiger partial charge in [-0.05, 0) is 13.0 Å². The first-order valence-electron chi connectivity index (χ1n) is 7.14. The third kappa shape index (κ3) is 9.11. The number of rotatable bonds is 8. The largest absolute Gasteiger partial charge is 0.476 e. The lowest BCUT2D eigenvalue weighted by Crippen LogP contribution is -2.39. The second kappa shape index (κ2) is 12.1. The van der Waals surface area contributed by atoms with Gasteiger partial charge in [-0.1, -0.05) is 0 Å². The molecule has 1 rings (SSSR count). The lowest BCUT2D eigenvalue weighted by atomic mass is 10.3. The van der Waals surface area contributed by atoms with Crippen molar-refractivity contribution in [1.29, 1.82) is 0 Å². The van der Waals surface area contributed by atoms with E-state index in [2.05, 4.69) is 20.6 Å². The van der Waals surface area contributed by atoms with Crippen LogP contribution in [0.15, 0.2) is 23.3 Å². The normalized spacial score (nSPS) is 11.6. The lowest BCUT2D eigenvalue weighted by molar-refractivity contribution is -0.137. The number of hydrogen-bond donors (Lipinski definition) is 2. The average Bonchev–Trinajstić information content (AvgIpc) is 2.51. The predicted octanol–water partition coefficient (Wildman–Crippen LogP) is 2.30. The molecule has 0 aliphatic rings. The summed E-state index contributed by atoms with van der Waals surface area (Å²) in [6.45, 7) is 4.36. The molecule has 2 N–H and O–H groups in total. The summed E-state index contributed by atoms with van der Waals surface area (Å²) in [4.78, 5) is 7.89. The highest BCUT2D eigenvalue weighted by Gasteiger charge is 2.30. The molecule has 0 unspecified atom stereocenters. The molecule has 0 aromatic carbocycles. The minimum Gasteiger partial charge on any atom is -0.476 e. The third-order valence-electron chi connectivity index (χ3n) is 2.62. The maximum Gasteiger partial charge on any atom is 0.417 e. The van der Waals surface area contributed by atoms with Gasteiger partial charge in [0.2, 0.25) is 5.88 Å². The Kier molecular flexibility index (Phi) is 11.5. The fraction of sp³-hybridized carbons (Fsp3) is 0.571. The Labute approximate surface area is 156 Å². The van der Waals surface area contributed by atoms with Crippen molar-refractivity contribution in [2.75, 3.05) is 40.0 Å². The summed E-state index contributed by atoms with van der Waals surface area (Å²) >= 11 is 0. The summed E-state index contributed by atoms with van der Waals surface area (Å²) < 4.78 is 47.4.